The predicted molar refractivity (Wildman–Crippen MR) is 162 cm³/mol. The van der Waals surface area contributed by atoms with Gasteiger partial charge in [-0.25, -0.2) is 4.39 Å². The standard InChI is InChI=1S/C34H52FN5O3/c1-38-13-5-9-23(38)10-12-37-34(42)25-18-40-28-14-20-6-2-3-7-21(20)15-29(28)43-33-30(40)24(32(25)41)16-26(35)31(33)39-17-22-8-4-11-36-27(22)19-39/h18,20-24,26-31,33,36H,2-17,19H2,1H3,(H,37,42). The number of fused-ring (bicyclic) bond motifs is 4. The minimum atomic E-state index is -1.14. The number of carbonyl (C=O) groups is 2. The molecule has 12 unspecified atom stereocenters. The van der Waals surface area contributed by atoms with Crippen LogP contribution in [0.1, 0.15) is 77.0 Å². The molecule has 0 aromatic rings. The van der Waals surface area contributed by atoms with Crippen molar-refractivity contribution in [3.05, 3.63) is 11.8 Å². The van der Waals surface area contributed by atoms with Gasteiger partial charge in [-0.3, -0.25) is 14.5 Å². The quantitative estimate of drug-likeness (QED) is 0.472. The molecule has 0 bridgehead atoms. The van der Waals surface area contributed by atoms with Crippen LogP contribution in [0.15, 0.2) is 11.8 Å². The highest BCUT2D eigenvalue weighted by Crippen LogP contribution is 2.51. The molecule has 1 amide bonds. The summed E-state index contributed by atoms with van der Waals surface area (Å²) in [5.41, 5.74) is 0.244. The maximum absolute atomic E-state index is 16.5. The van der Waals surface area contributed by atoms with E-state index in [1.54, 1.807) is 0 Å². The number of hydrogen-bond donors (Lipinski definition) is 2. The molecule has 5 heterocycles. The molecule has 3 saturated carbocycles. The lowest BCUT2D eigenvalue weighted by molar-refractivity contribution is -0.219. The van der Waals surface area contributed by atoms with Crippen LogP contribution in [0, 0.1) is 23.7 Å². The molecule has 9 heteroatoms. The zero-order chi connectivity index (χ0) is 29.2. The van der Waals surface area contributed by atoms with Gasteiger partial charge >= 0.3 is 0 Å². The summed E-state index contributed by atoms with van der Waals surface area (Å²) in [7, 11) is 2.15. The average Bonchev–Trinajstić information content (AvgIpc) is 3.62. The number of hydrogen-bond acceptors (Lipinski definition) is 7. The second-order valence-corrected chi connectivity index (χ2v) is 15.4. The van der Waals surface area contributed by atoms with Gasteiger partial charge in [0.05, 0.1) is 35.9 Å². The van der Waals surface area contributed by atoms with Crippen molar-refractivity contribution >= 4 is 11.7 Å². The predicted octanol–water partition coefficient (Wildman–Crippen LogP) is 2.87. The van der Waals surface area contributed by atoms with E-state index in [2.05, 4.69) is 32.4 Å². The van der Waals surface area contributed by atoms with E-state index in [0.717, 1.165) is 51.9 Å². The summed E-state index contributed by atoms with van der Waals surface area (Å²) in [4.78, 5) is 34.8. The Balaban J connectivity index is 1.08. The number of morpholine rings is 1. The smallest absolute Gasteiger partial charge is 0.256 e. The summed E-state index contributed by atoms with van der Waals surface area (Å²) in [6.07, 6.45) is 13.5. The molecule has 0 radical (unpaired) electrons. The Kier molecular flexibility index (Phi) is 7.84. The number of ether oxygens (including phenoxy) is 1. The van der Waals surface area contributed by atoms with Crippen LogP contribution in [-0.4, -0.2) is 115 Å². The third kappa shape index (κ3) is 5.08. The Morgan fingerprint density at radius 2 is 1.84 bits per heavy atom. The molecule has 0 spiro atoms. The normalized spacial score (nSPS) is 46.4. The molecular formula is C34H52FN5O3. The van der Waals surface area contributed by atoms with E-state index in [-0.39, 0.29) is 54.0 Å². The first-order chi connectivity index (χ1) is 21.0. The fraction of sp³-hybridized carbons (Fsp3) is 0.882. The van der Waals surface area contributed by atoms with Gasteiger partial charge in [-0.15, -0.1) is 0 Å². The van der Waals surface area contributed by atoms with Crippen LogP contribution in [0.2, 0.25) is 0 Å². The molecule has 4 saturated heterocycles. The van der Waals surface area contributed by atoms with Gasteiger partial charge in [-0.1, -0.05) is 25.7 Å². The minimum Gasteiger partial charge on any atom is -0.369 e. The summed E-state index contributed by atoms with van der Waals surface area (Å²) in [5.74, 6) is 0.944. The van der Waals surface area contributed by atoms with Crippen molar-refractivity contribution in [3.63, 3.8) is 0 Å². The van der Waals surface area contributed by atoms with E-state index in [1.165, 1.54) is 44.9 Å². The van der Waals surface area contributed by atoms with Gasteiger partial charge in [0.25, 0.3) is 5.91 Å². The second kappa shape index (κ2) is 11.7. The SMILES string of the molecule is CN1CCCC1CCNC(=O)C1=CN2C3CC4CCCCC4CC3OC3C(N4CC5CCCNC5C4)C(F)CC(C1=O)C32. The Hall–Kier alpha value is -1.55. The topological polar surface area (TPSA) is 77.2 Å². The maximum Gasteiger partial charge on any atom is 0.256 e. The fourth-order valence-corrected chi connectivity index (χ4v) is 11.0. The molecule has 12 atom stereocenters. The third-order valence-corrected chi connectivity index (χ3v) is 13.2. The van der Waals surface area contributed by atoms with Gasteiger partial charge < -0.3 is 25.2 Å². The van der Waals surface area contributed by atoms with E-state index in [0.29, 0.717) is 36.4 Å². The molecule has 238 valence electrons. The van der Waals surface area contributed by atoms with Crippen molar-refractivity contribution in [1.29, 1.82) is 0 Å². The van der Waals surface area contributed by atoms with E-state index in [1.807, 2.05) is 6.20 Å². The molecule has 8 aliphatic rings. The van der Waals surface area contributed by atoms with E-state index in [9.17, 15) is 9.59 Å². The number of alkyl halides is 1. The van der Waals surface area contributed by atoms with Crippen LogP contribution >= 0.6 is 0 Å². The van der Waals surface area contributed by atoms with Crippen molar-refractivity contribution in [2.75, 3.05) is 39.8 Å². The summed E-state index contributed by atoms with van der Waals surface area (Å²) in [6, 6.07) is 0.549. The number of carbonyl (C=O) groups excluding carboxylic acids is 2. The number of nitrogens with one attached hydrogen (secondary N) is 2. The molecule has 0 aromatic carbocycles. The number of rotatable bonds is 5. The number of Topliss-reactive ketones (excluding diaryl/α,β-unsaturated/α-hetero) is 1. The lowest BCUT2D eigenvalue weighted by Gasteiger charge is -2.61. The number of halogens is 1. The lowest BCUT2D eigenvalue weighted by Crippen LogP contribution is -2.73. The van der Waals surface area contributed by atoms with Crippen molar-refractivity contribution in [2.24, 2.45) is 23.7 Å². The highest BCUT2D eigenvalue weighted by Gasteiger charge is 2.61. The van der Waals surface area contributed by atoms with Crippen molar-refractivity contribution in [2.45, 2.75) is 126 Å². The minimum absolute atomic E-state index is 0.0312. The van der Waals surface area contributed by atoms with Crippen LogP contribution in [0.4, 0.5) is 4.39 Å². The van der Waals surface area contributed by atoms with Gasteiger partial charge in [0.15, 0.2) is 5.78 Å². The van der Waals surface area contributed by atoms with E-state index in [4.69, 9.17) is 4.74 Å². The molecular weight excluding hydrogens is 545 g/mol. The van der Waals surface area contributed by atoms with Crippen LogP contribution in [0.25, 0.3) is 0 Å². The Bertz CT molecular complexity index is 1110. The van der Waals surface area contributed by atoms with Gasteiger partial charge in [0, 0.05) is 43.8 Å². The first-order valence-corrected chi connectivity index (χ1v) is 17.7. The summed E-state index contributed by atoms with van der Waals surface area (Å²) < 4.78 is 23.6. The molecule has 2 N–H and O–H groups in total. The molecule has 8 rings (SSSR count). The first-order valence-electron chi connectivity index (χ1n) is 17.7. The second-order valence-electron chi connectivity index (χ2n) is 15.4. The maximum atomic E-state index is 16.5. The van der Waals surface area contributed by atoms with Crippen LogP contribution in [-0.2, 0) is 14.3 Å². The number of ketones is 1. The highest BCUT2D eigenvalue weighted by atomic mass is 19.1. The molecule has 0 aromatic heterocycles. The highest BCUT2D eigenvalue weighted by molar-refractivity contribution is 6.20. The Morgan fingerprint density at radius 3 is 2.63 bits per heavy atom. The van der Waals surface area contributed by atoms with Crippen molar-refractivity contribution in [3.8, 4) is 0 Å². The van der Waals surface area contributed by atoms with Gasteiger partial charge in [-0.2, -0.15) is 0 Å². The van der Waals surface area contributed by atoms with Crippen LogP contribution in [0.3, 0.4) is 0 Å². The van der Waals surface area contributed by atoms with Crippen LogP contribution in [0.5, 0.6) is 0 Å². The largest absolute Gasteiger partial charge is 0.369 e. The van der Waals surface area contributed by atoms with Gasteiger partial charge in [0.1, 0.15) is 6.17 Å². The van der Waals surface area contributed by atoms with Crippen molar-refractivity contribution < 1.29 is 18.7 Å². The van der Waals surface area contributed by atoms with E-state index >= 15 is 4.39 Å². The van der Waals surface area contributed by atoms with Gasteiger partial charge in [0.2, 0.25) is 0 Å². The summed E-state index contributed by atoms with van der Waals surface area (Å²) in [5, 5.41) is 6.78. The van der Waals surface area contributed by atoms with Crippen molar-refractivity contribution in [1.82, 2.24) is 25.3 Å². The van der Waals surface area contributed by atoms with Crippen LogP contribution < -0.4 is 10.6 Å². The van der Waals surface area contributed by atoms with E-state index < -0.39 is 12.1 Å². The summed E-state index contributed by atoms with van der Waals surface area (Å²) >= 11 is 0. The zero-order valence-electron chi connectivity index (χ0n) is 26.0. The molecule has 7 fully saturated rings. The molecule has 43 heavy (non-hydrogen) atoms. The Morgan fingerprint density at radius 1 is 1.02 bits per heavy atom. The van der Waals surface area contributed by atoms with Gasteiger partial charge in [-0.05, 0) is 89.3 Å². The number of piperidine rings is 1. The number of likely N-dealkylation sites (tertiary alicyclic amines) is 2. The zero-order valence-corrected chi connectivity index (χ0v) is 26.0. The lowest BCUT2D eigenvalue weighted by atomic mass is 9.64. The average molecular weight is 598 g/mol. The monoisotopic (exact) mass is 597 g/mol. The first kappa shape index (κ1) is 28.9. The Labute approximate surface area is 256 Å². The molecule has 3 aliphatic carbocycles. The molecule has 8 nitrogen and oxygen atoms in total. The molecule has 5 aliphatic heterocycles. The third-order valence-electron chi connectivity index (χ3n) is 13.2. The fourth-order valence-electron chi connectivity index (χ4n) is 11.0. The number of amides is 1. The number of nitrogens with zero attached hydrogens (tertiary/aromatic N) is 3. The summed E-state index contributed by atoms with van der Waals surface area (Å²) in [6.45, 7) is 4.48.